The molecule has 92 valence electrons. The molecule has 0 aliphatic carbocycles. The van der Waals surface area contributed by atoms with Gasteiger partial charge < -0.3 is 15.0 Å². The largest absolute Gasteiger partial charge is 0.385 e. The lowest BCUT2D eigenvalue weighted by atomic mass is 10.3. The van der Waals surface area contributed by atoms with Gasteiger partial charge in [0.05, 0.1) is 11.0 Å². The van der Waals surface area contributed by atoms with Gasteiger partial charge >= 0.3 is 0 Å². The average Bonchev–Trinajstić information content (AvgIpc) is 2.57. The molecule has 1 aromatic heterocycles. The number of imidazole rings is 1. The number of fused-ring (bicyclic) bond motifs is 1. The van der Waals surface area contributed by atoms with Crippen LogP contribution < -0.4 is 5.73 Å². The van der Waals surface area contributed by atoms with E-state index in [0.29, 0.717) is 24.2 Å². The Labute approximate surface area is 97.0 Å². The molecule has 2 N–H and O–H groups in total. The fraction of sp³-hybridized carbons (Fsp3) is 0.364. The second kappa shape index (κ2) is 4.67. The smallest absolute Gasteiger partial charge is 0.201 e. The third kappa shape index (κ3) is 2.21. The van der Waals surface area contributed by atoms with Crippen LogP contribution >= 0.6 is 0 Å². The van der Waals surface area contributed by atoms with Crippen molar-refractivity contribution >= 4 is 17.0 Å². The minimum atomic E-state index is -0.918. The number of benzene rings is 1. The third-order valence-corrected chi connectivity index (χ3v) is 2.55. The van der Waals surface area contributed by atoms with Gasteiger partial charge in [0.2, 0.25) is 5.95 Å². The summed E-state index contributed by atoms with van der Waals surface area (Å²) < 4.78 is 32.7. The van der Waals surface area contributed by atoms with Crippen molar-refractivity contribution in [1.82, 2.24) is 9.55 Å². The van der Waals surface area contributed by atoms with E-state index in [9.17, 15) is 8.78 Å². The Morgan fingerprint density at radius 2 is 2.06 bits per heavy atom. The van der Waals surface area contributed by atoms with Crippen molar-refractivity contribution in [2.75, 3.05) is 19.5 Å². The molecule has 1 aromatic carbocycles. The van der Waals surface area contributed by atoms with Crippen LogP contribution in [0.4, 0.5) is 14.7 Å². The van der Waals surface area contributed by atoms with Crippen LogP contribution in [-0.4, -0.2) is 23.3 Å². The SMILES string of the molecule is COCCCn1c(N)nc2cc(F)c(F)cc21. The third-order valence-electron chi connectivity index (χ3n) is 2.55. The van der Waals surface area contributed by atoms with E-state index in [1.807, 2.05) is 0 Å². The van der Waals surface area contributed by atoms with Crippen molar-refractivity contribution in [3.63, 3.8) is 0 Å². The van der Waals surface area contributed by atoms with Gasteiger partial charge in [-0.15, -0.1) is 0 Å². The number of nitrogens with two attached hydrogens (primary N) is 1. The molecule has 0 amide bonds. The van der Waals surface area contributed by atoms with Gasteiger partial charge in [0, 0.05) is 32.4 Å². The molecule has 4 nitrogen and oxygen atoms in total. The minimum absolute atomic E-state index is 0.251. The second-order valence-electron chi connectivity index (χ2n) is 3.72. The Balaban J connectivity index is 2.40. The molecule has 0 spiro atoms. The number of hydrogen-bond donors (Lipinski definition) is 1. The number of nitrogens with zero attached hydrogens (tertiary/aromatic N) is 2. The van der Waals surface area contributed by atoms with Crippen LogP contribution in [0.3, 0.4) is 0 Å². The molecule has 0 radical (unpaired) electrons. The molecule has 0 unspecified atom stereocenters. The number of nitrogen functional groups attached to an aromatic ring is 1. The van der Waals surface area contributed by atoms with Crippen molar-refractivity contribution in [2.24, 2.45) is 0 Å². The van der Waals surface area contributed by atoms with Crippen molar-refractivity contribution in [3.8, 4) is 0 Å². The molecular weight excluding hydrogens is 228 g/mol. The van der Waals surface area contributed by atoms with E-state index in [1.165, 1.54) is 0 Å². The lowest BCUT2D eigenvalue weighted by molar-refractivity contribution is 0.191. The number of aryl methyl sites for hydroxylation is 1. The Bertz CT molecular complexity index is 539. The van der Waals surface area contributed by atoms with Gasteiger partial charge in [-0.2, -0.15) is 0 Å². The maximum atomic E-state index is 13.1. The number of rotatable bonds is 4. The second-order valence-corrected chi connectivity index (χ2v) is 3.72. The zero-order valence-corrected chi connectivity index (χ0v) is 9.41. The monoisotopic (exact) mass is 241 g/mol. The summed E-state index contributed by atoms with van der Waals surface area (Å²) in [4.78, 5) is 3.99. The number of halogens is 2. The molecule has 0 bridgehead atoms. The molecular formula is C11H13F2N3O. The van der Waals surface area contributed by atoms with Crippen molar-refractivity contribution in [3.05, 3.63) is 23.8 Å². The maximum absolute atomic E-state index is 13.1. The van der Waals surface area contributed by atoms with E-state index in [2.05, 4.69) is 4.98 Å². The van der Waals surface area contributed by atoms with Crippen LogP contribution in [0.1, 0.15) is 6.42 Å². The first kappa shape index (κ1) is 11.8. The zero-order chi connectivity index (χ0) is 12.4. The van der Waals surface area contributed by atoms with E-state index in [4.69, 9.17) is 10.5 Å². The highest BCUT2D eigenvalue weighted by atomic mass is 19.2. The number of anilines is 1. The van der Waals surface area contributed by atoms with Gasteiger partial charge in [0.15, 0.2) is 11.6 Å². The summed E-state index contributed by atoms with van der Waals surface area (Å²) in [5.41, 5.74) is 6.56. The Hall–Kier alpha value is -1.69. The van der Waals surface area contributed by atoms with Gasteiger partial charge in [0.25, 0.3) is 0 Å². The zero-order valence-electron chi connectivity index (χ0n) is 9.41. The standard InChI is InChI=1S/C11H13F2N3O/c1-17-4-2-3-16-10-6-8(13)7(12)5-9(10)15-11(16)14/h5-6H,2-4H2,1H3,(H2,14,15). The highest BCUT2D eigenvalue weighted by Gasteiger charge is 2.12. The van der Waals surface area contributed by atoms with E-state index >= 15 is 0 Å². The Morgan fingerprint density at radius 3 is 2.76 bits per heavy atom. The minimum Gasteiger partial charge on any atom is -0.385 e. The van der Waals surface area contributed by atoms with Crippen molar-refractivity contribution in [2.45, 2.75) is 13.0 Å². The van der Waals surface area contributed by atoms with Gasteiger partial charge in [-0.25, -0.2) is 13.8 Å². The lowest BCUT2D eigenvalue weighted by Crippen LogP contribution is -2.05. The first-order valence-electron chi connectivity index (χ1n) is 5.23. The van der Waals surface area contributed by atoms with Crippen LogP contribution in [0.25, 0.3) is 11.0 Å². The molecule has 17 heavy (non-hydrogen) atoms. The molecule has 2 rings (SSSR count). The average molecular weight is 241 g/mol. The van der Waals surface area contributed by atoms with E-state index in [0.717, 1.165) is 18.6 Å². The van der Waals surface area contributed by atoms with Gasteiger partial charge in [-0.05, 0) is 6.42 Å². The van der Waals surface area contributed by atoms with Crippen LogP contribution in [0.5, 0.6) is 0 Å². The molecule has 0 saturated heterocycles. The van der Waals surface area contributed by atoms with Crippen LogP contribution in [0.2, 0.25) is 0 Å². The number of aromatic nitrogens is 2. The molecule has 6 heteroatoms. The molecule has 0 aliphatic heterocycles. The molecule has 1 heterocycles. The Morgan fingerprint density at radius 1 is 1.35 bits per heavy atom. The van der Waals surface area contributed by atoms with E-state index in [-0.39, 0.29) is 5.95 Å². The van der Waals surface area contributed by atoms with Crippen LogP contribution in [0.15, 0.2) is 12.1 Å². The van der Waals surface area contributed by atoms with E-state index < -0.39 is 11.6 Å². The first-order chi connectivity index (χ1) is 8.13. The highest BCUT2D eigenvalue weighted by molar-refractivity contribution is 5.78. The normalized spacial score (nSPS) is 11.2. The van der Waals surface area contributed by atoms with Crippen LogP contribution in [-0.2, 0) is 11.3 Å². The molecule has 2 aromatic rings. The number of ether oxygens (including phenoxy) is 1. The van der Waals surface area contributed by atoms with Crippen molar-refractivity contribution in [1.29, 1.82) is 0 Å². The van der Waals surface area contributed by atoms with Gasteiger partial charge in [-0.3, -0.25) is 0 Å². The Kier molecular flexibility index (Phi) is 3.23. The summed E-state index contributed by atoms with van der Waals surface area (Å²) in [5, 5.41) is 0. The number of methoxy groups -OCH3 is 1. The molecule has 0 aliphatic rings. The summed E-state index contributed by atoms with van der Waals surface area (Å²) in [6, 6.07) is 2.16. The summed E-state index contributed by atoms with van der Waals surface area (Å²) in [6.07, 6.45) is 0.727. The van der Waals surface area contributed by atoms with Gasteiger partial charge in [-0.1, -0.05) is 0 Å². The lowest BCUT2D eigenvalue weighted by Gasteiger charge is -2.05. The van der Waals surface area contributed by atoms with Crippen LogP contribution in [0, 0.1) is 11.6 Å². The number of hydrogen-bond acceptors (Lipinski definition) is 3. The molecule has 0 saturated carbocycles. The topological polar surface area (TPSA) is 53.1 Å². The predicted octanol–water partition coefficient (Wildman–Crippen LogP) is 1.93. The molecule has 0 atom stereocenters. The summed E-state index contributed by atoms with van der Waals surface area (Å²) in [7, 11) is 1.60. The highest BCUT2D eigenvalue weighted by Crippen LogP contribution is 2.21. The van der Waals surface area contributed by atoms with Gasteiger partial charge in [0.1, 0.15) is 0 Å². The summed E-state index contributed by atoms with van der Waals surface area (Å²) >= 11 is 0. The fourth-order valence-electron chi connectivity index (χ4n) is 1.74. The van der Waals surface area contributed by atoms with E-state index in [1.54, 1.807) is 11.7 Å². The van der Waals surface area contributed by atoms with Crippen molar-refractivity contribution < 1.29 is 13.5 Å². The molecule has 0 fully saturated rings. The summed E-state index contributed by atoms with van der Waals surface area (Å²) in [6.45, 7) is 1.13. The predicted molar refractivity (Wildman–Crippen MR) is 60.6 cm³/mol. The first-order valence-corrected chi connectivity index (χ1v) is 5.23. The summed E-state index contributed by atoms with van der Waals surface area (Å²) in [5.74, 6) is -1.56. The maximum Gasteiger partial charge on any atom is 0.201 e. The quantitative estimate of drug-likeness (QED) is 0.832. The fourth-order valence-corrected chi connectivity index (χ4v) is 1.74.